The van der Waals surface area contributed by atoms with Crippen LogP contribution in [0.25, 0.3) is 0 Å². The number of rotatable bonds is 4. The first-order valence-corrected chi connectivity index (χ1v) is 8.19. The molecule has 1 unspecified atom stereocenters. The standard InChI is InChI=1S/C13H18BrNOS/c1-2-15(8-7-14)13(16)11-4-3-5-12-10(11)6-9-17-12/h6,9,11H,2-5,7-8H2,1H3. The third-order valence-corrected chi connectivity index (χ3v) is 4.75. The molecule has 0 aromatic carbocycles. The van der Waals surface area contributed by atoms with Crippen molar-refractivity contribution in [3.63, 3.8) is 0 Å². The van der Waals surface area contributed by atoms with Crippen LogP contribution in [0.2, 0.25) is 0 Å². The average molecular weight is 316 g/mol. The second-order valence-electron chi connectivity index (χ2n) is 4.35. The summed E-state index contributed by atoms with van der Waals surface area (Å²) in [5, 5.41) is 2.98. The Bertz CT molecular complexity index is 391. The van der Waals surface area contributed by atoms with E-state index in [0.717, 1.165) is 37.7 Å². The highest BCUT2D eigenvalue weighted by Gasteiger charge is 2.29. The molecule has 0 spiro atoms. The van der Waals surface area contributed by atoms with E-state index in [9.17, 15) is 4.79 Å². The van der Waals surface area contributed by atoms with Gasteiger partial charge in [-0.1, -0.05) is 15.9 Å². The fourth-order valence-corrected chi connectivity index (χ4v) is 3.91. The summed E-state index contributed by atoms with van der Waals surface area (Å²) >= 11 is 5.21. The summed E-state index contributed by atoms with van der Waals surface area (Å²) < 4.78 is 0. The van der Waals surface area contributed by atoms with Crippen molar-refractivity contribution in [2.75, 3.05) is 18.4 Å². The zero-order chi connectivity index (χ0) is 12.3. The van der Waals surface area contributed by atoms with E-state index >= 15 is 0 Å². The van der Waals surface area contributed by atoms with Gasteiger partial charge in [0, 0.05) is 23.3 Å². The monoisotopic (exact) mass is 315 g/mol. The number of aryl methyl sites for hydroxylation is 1. The minimum Gasteiger partial charge on any atom is -0.342 e. The molecule has 4 heteroatoms. The normalized spacial score (nSPS) is 18.8. The molecule has 1 aromatic rings. The summed E-state index contributed by atoms with van der Waals surface area (Å²) in [6.07, 6.45) is 3.32. The number of fused-ring (bicyclic) bond motifs is 1. The SMILES string of the molecule is CCN(CCBr)C(=O)C1CCCc2sccc21. The molecule has 1 aliphatic carbocycles. The van der Waals surface area contributed by atoms with Gasteiger partial charge in [-0.15, -0.1) is 11.3 Å². The van der Waals surface area contributed by atoms with E-state index in [2.05, 4.69) is 34.3 Å². The minimum atomic E-state index is 0.115. The smallest absolute Gasteiger partial charge is 0.230 e. The molecule has 0 bridgehead atoms. The highest BCUT2D eigenvalue weighted by Crippen LogP contribution is 2.36. The van der Waals surface area contributed by atoms with Gasteiger partial charge in [-0.05, 0) is 43.2 Å². The maximum absolute atomic E-state index is 12.5. The summed E-state index contributed by atoms with van der Waals surface area (Å²) in [5.74, 6) is 0.426. The van der Waals surface area contributed by atoms with Crippen molar-refractivity contribution in [1.29, 1.82) is 0 Å². The first kappa shape index (κ1) is 13.1. The summed E-state index contributed by atoms with van der Waals surface area (Å²) in [5.41, 5.74) is 1.29. The van der Waals surface area contributed by atoms with Crippen molar-refractivity contribution in [2.45, 2.75) is 32.1 Å². The lowest BCUT2D eigenvalue weighted by Crippen LogP contribution is -2.37. The van der Waals surface area contributed by atoms with Crippen molar-refractivity contribution < 1.29 is 4.79 Å². The van der Waals surface area contributed by atoms with E-state index in [0.29, 0.717) is 5.91 Å². The molecular weight excluding hydrogens is 298 g/mol. The number of hydrogen-bond acceptors (Lipinski definition) is 2. The predicted octanol–water partition coefficient (Wildman–Crippen LogP) is 3.41. The van der Waals surface area contributed by atoms with Crippen molar-refractivity contribution >= 4 is 33.2 Å². The summed E-state index contributed by atoms with van der Waals surface area (Å²) in [6, 6.07) is 2.14. The fourth-order valence-electron chi connectivity index (χ4n) is 2.49. The molecule has 0 saturated heterocycles. The van der Waals surface area contributed by atoms with Gasteiger partial charge in [0.05, 0.1) is 5.92 Å². The molecule has 1 heterocycles. The van der Waals surface area contributed by atoms with E-state index in [1.165, 1.54) is 10.4 Å². The summed E-state index contributed by atoms with van der Waals surface area (Å²) in [6.45, 7) is 3.67. The van der Waals surface area contributed by atoms with Crippen LogP contribution < -0.4 is 0 Å². The quantitative estimate of drug-likeness (QED) is 0.780. The number of alkyl halides is 1. The maximum Gasteiger partial charge on any atom is 0.230 e. The maximum atomic E-state index is 12.5. The Morgan fingerprint density at radius 1 is 1.65 bits per heavy atom. The van der Waals surface area contributed by atoms with Crippen LogP contribution in [-0.4, -0.2) is 29.2 Å². The van der Waals surface area contributed by atoms with E-state index < -0.39 is 0 Å². The Morgan fingerprint density at radius 3 is 3.18 bits per heavy atom. The molecule has 0 aliphatic heterocycles. The third kappa shape index (κ3) is 2.74. The van der Waals surface area contributed by atoms with Crippen LogP contribution in [0.1, 0.15) is 36.1 Å². The number of halogens is 1. The molecule has 1 aliphatic rings. The van der Waals surface area contributed by atoms with E-state index in [1.54, 1.807) is 11.3 Å². The Kier molecular flexibility index (Phi) is 4.62. The van der Waals surface area contributed by atoms with Crippen LogP contribution in [0.15, 0.2) is 11.4 Å². The Balaban J connectivity index is 2.16. The predicted molar refractivity (Wildman–Crippen MR) is 76.0 cm³/mol. The summed E-state index contributed by atoms with van der Waals surface area (Å²) in [7, 11) is 0. The van der Waals surface area contributed by atoms with Crippen LogP contribution in [0.5, 0.6) is 0 Å². The average Bonchev–Trinajstić information content (AvgIpc) is 2.83. The molecule has 2 nitrogen and oxygen atoms in total. The fraction of sp³-hybridized carbons (Fsp3) is 0.615. The zero-order valence-corrected chi connectivity index (χ0v) is 12.5. The van der Waals surface area contributed by atoms with E-state index in [1.807, 2.05) is 4.90 Å². The number of thiophene rings is 1. The lowest BCUT2D eigenvalue weighted by Gasteiger charge is -2.28. The minimum absolute atomic E-state index is 0.115. The molecule has 0 saturated carbocycles. The van der Waals surface area contributed by atoms with Gasteiger partial charge in [-0.2, -0.15) is 0 Å². The van der Waals surface area contributed by atoms with Gasteiger partial charge in [0.15, 0.2) is 0 Å². The van der Waals surface area contributed by atoms with Gasteiger partial charge < -0.3 is 4.90 Å². The molecule has 2 rings (SSSR count). The van der Waals surface area contributed by atoms with Crippen LogP contribution in [0.3, 0.4) is 0 Å². The van der Waals surface area contributed by atoms with Gasteiger partial charge in [0.1, 0.15) is 0 Å². The largest absolute Gasteiger partial charge is 0.342 e. The number of hydrogen-bond donors (Lipinski definition) is 0. The van der Waals surface area contributed by atoms with Gasteiger partial charge >= 0.3 is 0 Å². The second kappa shape index (κ2) is 6.01. The summed E-state index contributed by atoms with van der Waals surface area (Å²) in [4.78, 5) is 15.9. The Labute approximate surface area is 115 Å². The van der Waals surface area contributed by atoms with Gasteiger partial charge in [-0.25, -0.2) is 0 Å². The lowest BCUT2D eigenvalue weighted by atomic mass is 9.87. The van der Waals surface area contributed by atoms with Crippen molar-refractivity contribution in [2.24, 2.45) is 0 Å². The first-order chi connectivity index (χ1) is 8.27. The number of amides is 1. The van der Waals surface area contributed by atoms with Gasteiger partial charge in [0.2, 0.25) is 5.91 Å². The van der Waals surface area contributed by atoms with Crippen LogP contribution in [0, 0.1) is 0 Å². The van der Waals surface area contributed by atoms with E-state index in [-0.39, 0.29) is 5.92 Å². The van der Waals surface area contributed by atoms with E-state index in [4.69, 9.17) is 0 Å². The third-order valence-electron chi connectivity index (χ3n) is 3.40. The van der Waals surface area contributed by atoms with Crippen LogP contribution in [-0.2, 0) is 11.2 Å². The molecule has 1 aromatic heterocycles. The molecule has 0 fully saturated rings. The Hall–Kier alpha value is -0.350. The molecule has 1 amide bonds. The molecule has 0 radical (unpaired) electrons. The molecule has 17 heavy (non-hydrogen) atoms. The lowest BCUT2D eigenvalue weighted by molar-refractivity contribution is -0.132. The van der Waals surface area contributed by atoms with Crippen molar-refractivity contribution in [3.8, 4) is 0 Å². The van der Waals surface area contributed by atoms with Crippen LogP contribution in [0.4, 0.5) is 0 Å². The zero-order valence-electron chi connectivity index (χ0n) is 10.1. The van der Waals surface area contributed by atoms with Crippen molar-refractivity contribution in [1.82, 2.24) is 4.90 Å². The highest BCUT2D eigenvalue weighted by atomic mass is 79.9. The molecular formula is C13H18BrNOS. The molecule has 94 valence electrons. The van der Waals surface area contributed by atoms with Crippen LogP contribution >= 0.6 is 27.3 Å². The van der Waals surface area contributed by atoms with Gasteiger partial charge in [0.25, 0.3) is 0 Å². The Morgan fingerprint density at radius 2 is 2.47 bits per heavy atom. The second-order valence-corrected chi connectivity index (χ2v) is 6.14. The first-order valence-electron chi connectivity index (χ1n) is 6.19. The highest BCUT2D eigenvalue weighted by molar-refractivity contribution is 9.09. The number of carbonyl (C=O) groups excluding carboxylic acids is 1. The number of carbonyl (C=O) groups is 1. The topological polar surface area (TPSA) is 20.3 Å². The van der Waals surface area contributed by atoms with Crippen molar-refractivity contribution in [3.05, 3.63) is 21.9 Å². The molecule has 1 atom stereocenters. The number of likely N-dealkylation sites (N-methyl/N-ethyl adjacent to an activating group) is 1. The number of nitrogens with zero attached hydrogens (tertiary/aromatic N) is 1. The molecule has 0 N–H and O–H groups in total. The van der Waals surface area contributed by atoms with Gasteiger partial charge in [-0.3, -0.25) is 4.79 Å².